The fourth-order valence-corrected chi connectivity index (χ4v) is 2.32. The van der Waals surface area contributed by atoms with Crippen LogP contribution in [0.15, 0.2) is 35.7 Å². The lowest BCUT2D eigenvalue weighted by atomic mass is 10.1. The maximum atomic E-state index is 12.8. The highest BCUT2D eigenvalue weighted by Gasteiger charge is 2.14. The van der Waals surface area contributed by atoms with Gasteiger partial charge in [-0.15, -0.1) is 11.3 Å². The molecule has 0 radical (unpaired) electrons. The van der Waals surface area contributed by atoms with Crippen LogP contribution in [0, 0.1) is 5.82 Å². The molecule has 1 heterocycles. The van der Waals surface area contributed by atoms with Crippen molar-refractivity contribution in [2.45, 2.75) is 6.10 Å². The van der Waals surface area contributed by atoms with Gasteiger partial charge in [-0.25, -0.2) is 4.39 Å². The van der Waals surface area contributed by atoms with E-state index in [2.05, 4.69) is 0 Å². The predicted molar refractivity (Wildman–Crippen MR) is 59.8 cm³/mol. The number of aliphatic hydroxyl groups is 1. The summed E-state index contributed by atoms with van der Waals surface area (Å²) < 4.78 is 12.8. The number of halogens is 2. The molecule has 1 aromatic heterocycles. The van der Waals surface area contributed by atoms with Crippen LogP contribution in [-0.4, -0.2) is 5.11 Å². The molecule has 1 unspecified atom stereocenters. The van der Waals surface area contributed by atoms with Crippen LogP contribution in [-0.2, 0) is 0 Å². The Morgan fingerprint density at radius 2 is 2.13 bits per heavy atom. The average Bonchev–Trinajstić information content (AvgIpc) is 2.69. The first kappa shape index (κ1) is 10.6. The minimum atomic E-state index is -0.780. The van der Waals surface area contributed by atoms with Crippen molar-refractivity contribution < 1.29 is 9.50 Å². The molecule has 1 nitrogen and oxygen atoms in total. The second-order valence-corrected chi connectivity index (χ2v) is 4.47. The molecule has 1 aromatic carbocycles. The summed E-state index contributed by atoms with van der Waals surface area (Å²) in [6, 6.07) is 7.66. The lowest BCUT2D eigenvalue weighted by Gasteiger charge is -2.10. The Kier molecular flexibility index (Phi) is 3.05. The van der Waals surface area contributed by atoms with Crippen molar-refractivity contribution in [3.05, 3.63) is 57.0 Å². The van der Waals surface area contributed by atoms with Crippen LogP contribution < -0.4 is 0 Å². The number of rotatable bonds is 2. The van der Waals surface area contributed by atoms with Gasteiger partial charge < -0.3 is 5.11 Å². The quantitative estimate of drug-likeness (QED) is 0.853. The fraction of sp³-hybridized carbons (Fsp3) is 0.0909. The zero-order valence-corrected chi connectivity index (χ0v) is 9.23. The highest BCUT2D eigenvalue weighted by molar-refractivity contribution is 7.10. The van der Waals surface area contributed by atoms with E-state index in [9.17, 15) is 9.50 Å². The summed E-state index contributed by atoms with van der Waals surface area (Å²) in [6.45, 7) is 0. The second kappa shape index (κ2) is 4.31. The second-order valence-electron chi connectivity index (χ2n) is 3.08. The van der Waals surface area contributed by atoms with Crippen LogP contribution in [0.4, 0.5) is 4.39 Å². The maximum Gasteiger partial charge on any atom is 0.124 e. The normalized spacial score (nSPS) is 12.7. The molecule has 4 heteroatoms. The minimum absolute atomic E-state index is 0.246. The Bertz CT molecular complexity index is 456. The monoisotopic (exact) mass is 242 g/mol. The topological polar surface area (TPSA) is 20.2 Å². The third-order valence-corrected chi connectivity index (χ3v) is 3.32. The number of thiophene rings is 1. The van der Waals surface area contributed by atoms with E-state index < -0.39 is 11.9 Å². The largest absolute Gasteiger partial charge is 0.383 e. The van der Waals surface area contributed by atoms with Crippen molar-refractivity contribution in [1.29, 1.82) is 0 Å². The predicted octanol–water partition coefficient (Wildman–Crippen LogP) is 3.62. The van der Waals surface area contributed by atoms with Gasteiger partial charge in [-0.2, -0.15) is 0 Å². The first-order chi connectivity index (χ1) is 7.18. The lowest BCUT2D eigenvalue weighted by molar-refractivity contribution is 0.224. The fourth-order valence-electron chi connectivity index (χ4n) is 1.32. The van der Waals surface area contributed by atoms with Gasteiger partial charge in [-0.1, -0.05) is 23.7 Å². The summed E-state index contributed by atoms with van der Waals surface area (Å²) in [5, 5.41) is 12.1. The summed E-state index contributed by atoms with van der Waals surface area (Å²) in [5.41, 5.74) is 0.528. The van der Waals surface area contributed by atoms with Crippen LogP contribution in [0.5, 0.6) is 0 Å². The highest BCUT2D eigenvalue weighted by atomic mass is 35.5. The molecule has 0 aliphatic heterocycles. The minimum Gasteiger partial charge on any atom is -0.383 e. The molecule has 0 aliphatic rings. The van der Waals surface area contributed by atoms with Crippen molar-refractivity contribution in [3.8, 4) is 0 Å². The molecule has 0 aliphatic carbocycles. The van der Waals surface area contributed by atoms with Gasteiger partial charge in [0.2, 0.25) is 0 Å². The molecule has 1 atom stereocenters. The van der Waals surface area contributed by atoms with Gasteiger partial charge in [-0.3, -0.25) is 0 Å². The molecule has 0 spiro atoms. The van der Waals surface area contributed by atoms with Crippen LogP contribution in [0.3, 0.4) is 0 Å². The zero-order chi connectivity index (χ0) is 10.8. The van der Waals surface area contributed by atoms with Crippen LogP contribution in [0.25, 0.3) is 0 Å². The van der Waals surface area contributed by atoms with Crippen LogP contribution >= 0.6 is 22.9 Å². The average molecular weight is 243 g/mol. The first-order valence-electron chi connectivity index (χ1n) is 4.35. The smallest absolute Gasteiger partial charge is 0.124 e. The van der Waals surface area contributed by atoms with Crippen molar-refractivity contribution >= 4 is 22.9 Å². The highest BCUT2D eigenvalue weighted by Crippen LogP contribution is 2.30. The third kappa shape index (κ3) is 2.20. The van der Waals surface area contributed by atoms with E-state index in [0.717, 1.165) is 4.88 Å². The molecule has 15 heavy (non-hydrogen) atoms. The number of hydrogen-bond donors (Lipinski definition) is 1. The first-order valence-corrected chi connectivity index (χ1v) is 5.60. The van der Waals surface area contributed by atoms with E-state index in [0.29, 0.717) is 5.56 Å². The number of hydrogen-bond acceptors (Lipinski definition) is 2. The summed E-state index contributed by atoms with van der Waals surface area (Å²) in [6.07, 6.45) is -0.780. The molecule has 0 fully saturated rings. The van der Waals surface area contributed by atoms with E-state index in [1.165, 1.54) is 29.5 Å². The van der Waals surface area contributed by atoms with Crippen molar-refractivity contribution in [2.24, 2.45) is 0 Å². The molecular formula is C11H8ClFOS. The Morgan fingerprint density at radius 1 is 1.33 bits per heavy atom. The van der Waals surface area contributed by atoms with Gasteiger partial charge in [0.15, 0.2) is 0 Å². The summed E-state index contributed by atoms with van der Waals surface area (Å²) in [4.78, 5) is 0.795. The van der Waals surface area contributed by atoms with Gasteiger partial charge in [0.25, 0.3) is 0 Å². The maximum absolute atomic E-state index is 12.8. The molecule has 0 saturated carbocycles. The molecule has 0 bridgehead atoms. The Hall–Kier alpha value is -0.900. The third-order valence-electron chi connectivity index (χ3n) is 2.07. The Labute approximate surface area is 95.8 Å². The van der Waals surface area contributed by atoms with E-state index in [1.807, 2.05) is 17.5 Å². The van der Waals surface area contributed by atoms with Gasteiger partial charge in [0.1, 0.15) is 11.9 Å². The number of aliphatic hydroxyl groups excluding tert-OH is 1. The molecule has 0 amide bonds. The zero-order valence-electron chi connectivity index (χ0n) is 7.65. The van der Waals surface area contributed by atoms with Crippen molar-refractivity contribution in [2.75, 3.05) is 0 Å². The van der Waals surface area contributed by atoms with Gasteiger partial charge in [0.05, 0.1) is 0 Å². The SMILES string of the molecule is OC(c1cccs1)c1ccc(F)cc1Cl. The van der Waals surface area contributed by atoms with Crippen molar-refractivity contribution in [3.63, 3.8) is 0 Å². The number of benzene rings is 1. The Balaban J connectivity index is 2.38. The molecule has 78 valence electrons. The molecular weight excluding hydrogens is 235 g/mol. The molecule has 2 rings (SSSR count). The molecule has 2 aromatic rings. The van der Waals surface area contributed by atoms with Gasteiger partial charge in [0, 0.05) is 15.5 Å². The van der Waals surface area contributed by atoms with Crippen molar-refractivity contribution in [1.82, 2.24) is 0 Å². The van der Waals surface area contributed by atoms with Gasteiger partial charge in [-0.05, 0) is 23.6 Å². The van der Waals surface area contributed by atoms with E-state index in [-0.39, 0.29) is 5.02 Å². The van der Waals surface area contributed by atoms with E-state index in [4.69, 9.17) is 11.6 Å². The molecule has 1 N–H and O–H groups in total. The summed E-state index contributed by atoms with van der Waals surface area (Å²) in [7, 11) is 0. The standard InChI is InChI=1S/C11H8ClFOS/c12-9-6-7(13)3-4-8(9)11(14)10-2-1-5-15-10/h1-6,11,14H. The molecule has 0 saturated heterocycles. The Morgan fingerprint density at radius 3 is 2.73 bits per heavy atom. The van der Waals surface area contributed by atoms with E-state index in [1.54, 1.807) is 0 Å². The van der Waals surface area contributed by atoms with Gasteiger partial charge >= 0.3 is 0 Å². The summed E-state index contributed by atoms with van der Waals surface area (Å²) in [5.74, 6) is -0.401. The van der Waals surface area contributed by atoms with Crippen LogP contribution in [0.1, 0.15) is 16.5 Å². The van der Waals surface area contributed by atoms with E-state index >= 15 is 0 Å². The summed E-state index contributed by atoms with van der Waals surface area (Å²) >= 11 is 7.28. The lowest BCUT2D eigenvalue weighted by Crippen LogP contribution is -1.98. The van der Waals surface area contributed by atoms with Crippen LogP contribution in [0.2, 0.25) is 5.02 Å².